The average Bonchev–Trinajstić information content (AvgIpc) is 2.52. The first-order valence-electron chi connectivity index (χ1n) is 7.10. The molecule has 1 aromatic carbocycles. The van der Waals surface area contributed by atoms with Crippen molar-refractivity contribution in [3.05, 3.63) is 46.1 Å². The summed E-state index contributed by atoms with van der Waals surface area (Å²) in [7, 11) is 3.00. The number of hydrogen-bond acceptors (Lipinski definition) is 3. The van der Waals surface area contributed by atoms with Gasteiger partial charge in [0.05, 0.1) is 18.7 Å². The topological polar surface area (TPSA) is 58.6 Å². The summed E-state index contributed by atoms with van der Waals surface area (Å²) in [5.41, 5.74) is 1.95. The molecule has 5 nitrogen and oxygen atoms in total. The molecule has 2 amide bonds. The molecule has 2 rings (SSSR count). The number of halogens is 1. The van der Waals surface area contributed by atoms with Crippen LogP contribution < -0.4 is 5.32 Å². The van der Waals surface area contributed by atoms with Gasteiger partial charge in [-0.2, -0.15) is 0 Å². The summed E-state index contributed by atoms with van der Waals surface area (Å²) in [5.74, 6) is -0.435. The van der Waals surface area contributed by atoms with Crippen LogP contribution in [0.2, 0.25) is 5.02 Å². The number of amides is 2. The van der Waals surface area contributed by atoms with Crippen molar-refractivity contribution in [2.75, 3.05) is 14.2 Å². The van der Waals surface area contributed by atoms with Crippen LogP contribution >= 0.6 is 11.6 Å². The molecular weight excluding hydrogens is 304 g/mol. The molecule has 22 heavy (non-hydrogen) atoms. The zero-order chi connectivity index (χ0) is 16.3. The highest BCUT2D eigenvalue weighted by Crippen LogP contribution is 2.33. The van der Waals surface area contributed by atoms with Gasteiger partial charge in [-0.05, 0) is 24.1 Å². The third-order valence-electron chi connectivity index (χ3n) is 3.67. The predicted molar refractivity (Wildman–Crippen MR) is 84.4 cm³/mol. The van der Waals surface area contributed by atoms with Crippen LogP contribution in [-0.2, 0) is 9.53 Å². The fourth-order valence-corrected chi connectivity index (χ4v) is 2.68. The summed E-state index contributed by atoms with van der Waals surface area (Å²) in [4.78, 5) is 25.9. The van der Waals surface area contributed by atoms with E-state index in [-0.39, 0.29) is 6.03 Å². The van der Waals surface area contributed by atoms with E-state index in [2.05, 4.69) is 5.32 Å². The Kier molecular flexibility index (Phi) is 5.08. The molecule has 1 aliphatic heterocycles. The van der Waals surface area contributed by atoms with E-state index in [9.17, 15) is 9.59 Å². The van der Waals surface area contributed by atoms with E-state index < -0.39 is 12.0 Å². The number of carbonyl (C=O) groups excluding carboxylic acids is 2. The third kappa shape index (κ3) is 3.09. The van der Waals surface area contributed by atoms with Crippen LogP contribution in [0, 0.1) is 0 Å². The number of ether oxygens (including phenoxy) is 1. The molecule has 0 aliphatic carbocycles. The van der Waals surface area contributed by atoms with Crippen molar-refractivity contribution in [3.63, 3.8) is 0 Å². The molecule has 0 unspecified atom stereocenters. The Bertz CT molecular complexity index is 610. The molecule has 0 fully saturated rings. The molecule has 1 N–H and O–H groups in total. The van der Waals surface area contributed by atoms with Crippen molar-refractivity contribution in [2.45, 2.75) is 25.8 Å². The van der Waals surface area contributed by atoms with Crippen LogP contribution in [0.25, 0.3) is 0 Å². The van der Waals surface area contributed by atoms with Crippen LogP contribution in [0.15, 0.2) is 35.5 Å². The highest BCUT2D eigenvalue weighted by molar-refractivity contribution is 6.30. The van der Waals surface area contributed by atoms with E-state index in [0.717, 1.165) is 12.0 Å². The number of hydrogen-bond donors (Lipinski definition) is 1. The number of urea groups is 1. The third-order valence-corrected chi connectivity index (χ3v) is 3.92. The Morgan fingerprint density at radius 2 is 2.00 bits per heavy atom. The van der Waals surface area contributed by atoms with Gasteiger partial charge in [-0.15, -0.1) is 0 Å². The Hall–Kier alpha value is -2.01. The number of carbonyl (C=O) groups is 2. The van der Waals surface area contributed by atoms with E-state index in [1.54, 1.807) is 31.3 Å². The second-order valence-corrected chi connectivity index (χ2v) is 5.53. The molecule has 6 heteroatoms. The van der Waals surface area contributed by atoms with Crippen LogP contribution in [0.5, 0.6) is 0 Å². The standard InChI is InChI=1S/C16H19ClN2O3/c1-4-5-12-13(15(20)22-3)14(18-16(21)19(12)2)10-6-8-11(17)9-7-10/h6-9,14H,4-5H2,1-3H3,(H,18,21)/t14-/m0/s1. The van der Waals surface area contributed by atoms with Gasteiger partial charge in [0.25, 0.3) is 0 Å². The van der Waals surface area contributed by atoms with Crippen LogP contribution in [0.4, 0.5) is 4.79 Å². The van der Waals surface area contributed by atoms with E-state index >= 15 is 0 Å². The lowest BCUT2D eigenvalue weighted by Crippen LogP contribution is -2.46. The number of esters is 1. The highest BCUT2D eigenvalue weighted by Gasteiger charge is 2.35. The smallest absolute Gasteiger partial charge is 0.337 e. The fraction of sp³-hybridized carbons (Fsp3) is 0.375. The van der Waals surface area contributed by atoms with Gasteiger partial charge in [0.1, 0.15) is 0 Å². The number of allylic oxidation sites excluding steroid dienone is 1. The largest absolute Gasteiger partial charge is 0.466 e. The maximum Gasteiger partial charge on any atom is 0.337 e. The van der Waals surface area contributed by atoms with E-state index in [1.165, 1.54) is 12.0 Å². The van der Waals surface area contributed by atoms with Gasteiger partial charge in [0.15, 0.2) is 0 Å². The minimum Gasteiger partial charge on any atom is -0.466 e. The lowest BCUT2D eigenvalue weighted by molar-refractivity contribution is -0.136. The number of methoxy groups -OCH3 is 1. The lowest BCUT2D eigenvalue weighted by atomic mass is 9.93. The van der Waals surface area contributed by atoms with Gasteiger partial charge in [-0.25, -0.2) is 9.59 Å². The van der Waals surface area contributed by atoms with Crippen LogP contribution in [0.1, 0.15) is 31.4 Å². The summed E-state index contributed by atoms with van der Waals surface area (Å²) in [6.07, 6.45) is 1.44. The Balaban J connectivity index is 2.56. The van der Waals surface area contributed by atoms with Crippen molar-refractivity contribution < 1.29 is 14.3 Å². The Morgan fingerprint density at radius 3 is 2.55 bits per heavy atom. The minimum absolute atomic E-state index is 0.240. The summed E-state index contributed by atoms with van der Waals surface area (Å²) >= 11 is 5.91. The number of rotatable bonds is 4. The second kappa shape index (κ2) is 6.83. The molecule has 0 saturated carbocycles. The van der Waals surface area contributed by atoms with Crippen molar-refractivity contribution in [1.29, 1.82) is 0 Å². The van der Waals surface area contributed by atoms with Crippen LogP contribution in [0.3, 0.4) is 0 Å². The van der Waals surface area contributed by atoms with Gasteiger partial charge in [0.2, 0.25) is 0 Å². The van der Waals surface area contributed by atoms with Crippen molar-refractivity contribution in [2.24, 2.45) is 0 Å². The first kappa shape index (κ1) is 16.4. The first-order chi connectivity index (χ1) is 10.5. The maximum atomic E-state index is 12.3. The Morgan fingerprint density at radius 1 is 1.36 bits per heavy atom. The first-order valence-corrected chi connectivity index (χ1v) is 7.48. The van der Waals surface area contributed by atoms with Crippen molar-refractivity contribution in [1.82, 2.24) is 10.2 Å². The van der Waals surface area contributed by atoms with Gasteiger partial charge in [-0.3, -0.25) is 0 Å². The SMILES string of the molecule is CCCC1=C(C(=O)OC)[C@H](c2ccc(Cl)cc2)NC(=O)N1C. The van der Waals surface area contributed by atoms with Gasteiger partial charge in [0, 0.05) is 17.8 Å². The zero-order valence-corrected chi connectivity index (χ0v) is 13.6. The average molecular weight is 323 g/mol. The minimum atomic E-state index is -0.532. The molecule has 0 bridgehead atoms. The maximum absolute atomic E-state index is 12.3. The lowest BCUT2D eigenvalue weighted by Gasteiger charge is -2.34. The molecule has 1 aliphatic rings. The number of nitrogens with zero attached hydrogens (tertiary/aromatic N) is 1. The molecule has 0 radical (unpaired) electrons. The molecule has 1 heterocycles. The molecule has 0 spiro atoms. The quantitative estimate of drug-likeness (QED) is 0.866. The molecule has 0 saturated heterocycles. The van der Waals surface area contributed by atoms with E-state index in [0.29, 0.717) is 22.7 Å². The monoisotopic (exact) mass is 322 g/mol. The van der Waals surface area contributed by atoms with E-state index in [1.807, 2.05) is 6.92 Å². The van der Waals surface area contributed by atoms with Gasteiger partial charge in [-0.1, -0.05) is 37.1 Å². The second-order valence-electron chi connectivity index (χ2n) is 5.10. The van der Waals surface area contributed by atoms with E-state index in [4.69, 9.17) is 16.3 Å². The van der Waals surface area contributed by atoms with Gasteiger partial charge >= 0.3 is 12.0 Å². The fourth-order valence-electron chi connectivity index (χ4n) is 2.55. The zero-order valence-electron chi connectivity index (χ0n) is 12.9. The van der Waals surface area contributed by atoms with Crippen LogP contribution in [-0.4, -0.2) is 31.1 Å². The molecule has 1 aromatic rings. The Labute approximate surface area is 134 Å². The summed E-state index contributed by atoms with van der Waals surface area (Å²) < 4.78 is 4.92. The molecule has 1 atom stereocenters. The summed E-state index contributed by atoms with van der Waals surface area (Å²) in [6, 6.07) is 6.29. The molecular formula is C16H19ClN2O3. The van der Waals surface area contributed by atoms with Crippen molar-refractivity contribution in [3.8, 4) is 0 Å². The predicted octanol–water partition coefficient (Wildman–Crippen LogP) is 3.26. The van der Waals surface area contributed by atoms with Crippen molar-refractivity contribution >= 4 is 23.6 Å². The normalized spacial score (nSPS) is 18.3. The molecule has 118 valence electrons. The summed E-state index contributed by atoms with van der Waals surface area (Å²) in [6.45, 7) is 2.00. The molecule has 0 aromatic heterocycles. The number of benzene rings is 1. The summed E-state index contributed by atoms with van der Waals surface area (Å²) in [5, 5.41) is 3.44. The number of nitrogens with one attached hydrogen (secondary N) is 1. The van der Waals surface area contributed by atoms with Gasteiger partial charge < -0.3 is 15.0 Å². The highest BCUT2D eigenvalue weighted by atomic mass is 35.5.